The minimum absolute atomic E-state index is 0. The third kappa shape index (κ3) is 3.12. The molecular formula is C9H13BrClN3. The van der Waals surface area contributed by atoms with Gasteiger partial charge >= 0.3 is 0 Å². The molecule has 14 heavy (non-hydrogen) atoms. The molecule has 2 N–H and O–H groups in total. The molecule has 1 fully saturated rings. The van der Waals surface area contributed by atoms with Gasteiger partial charge in [0, 0.05) is 12.6 Å². The van der Waals surface area contributed by atoms with E-state index >= 15 is 0 Å². The largest absolute Gasteiger partial charge is 0.366 e. The van der Waals surface area contributed by atoms with Crippen molar-refractivity contribution in [3.8, 4) is 0 Å². The molecule has 0 aromatic carbocycles. The summed E-state index contributed by atoms with van der Waals surface area (Å²) in [6.45, 7) is 2.14. The van der Waals surface area contributed by atoms with Crippen molar-refractivity contribution >= 4 is 34.2 Å². The Morgan fingerprint density at radius 2 is 2.36 bits per heavy atom. The molecule has 2 heterocycles. The van der Waals surface area contributed by atoms with Crippen LogP contribution in [0.1, 0.15) is 6.42 Å². The zero-order valence-electron chi connectivity index (χ0n) is 7.66. The van der Waals surface area contributed by atoms with Crippen LogP contribution in [-0.4, -0.2) is 24.1 Å². The molecule has 78 valence electrons. The van der Waals surface area contributed by atoms with Gasteiger partial charge in [0.25, 0.3) is 0 Å². The zero-order chi connectivity index (χ0) is 9.10. The van der Waals surface area contributed by atoms with Crippen LogP contribution in [0.3, 0.4) is 0 Å². The summed E-state index contributed by atoms with van der Waals surface area (Å²) in [5.74, 6) is 0.947. The Balaban J connectivity index is 0.000000980. The van der Waals surface area contributed by atoms with Gasteiger partial charge in [0.2, 0.25) is 0 Å². The molecule has 3 nitrogen and oxygen atoms in total. The number of aromatic nitrogens is 1. The van der Waals surface area contributed by atoms with Crippen LogP contribution >= 0.6 is 28.3 Å². The monoisotopic (exact) mass is 277 g/mol. The second-order valence-electron chi connectivity index (χ2n) is 3.18. The Morgan fingerprint density at radius 3 is 3.00 bits per heavy atom. The number of anilines is 1. The standard InChI is InChI=1S/C9H12BrN3.ClH/c10-8-2-1-3-9(13-8)12-7-4-5-11-6-7;/h1-3,7,11H,4-6H2,(H,12,13);1H. The van der Waals surface area contributed by atoms with Crippen molar-refractivity contribution in [3.05, 3.63) is 22.8 Å². The molecule has 1 atom stereocenters. The predicted molar refractivity (Wildman–Crippen MR) is 64.1 cm³/mol. The first kappa shape index (κ1) is 11.8. The van der Waals surface area contributed by atoms with Crippen LogP contribution in [0.4, 0.5) is 5.82 Å². The van der Waals surface area contributed by atoms with E-state index in [4.69, 9.17) is 0 Å². The van der Waals surface area contributed by atoms with Crippen LogP contribution in [0.25, 0.3) is 0 Å². The third-order valence-corrected chi connectivity index (χ3v) is 2.57. The average molecular weight is 279 g/mol. The molecule has 1 aromatic heterocycles. The van der Waals surface area contributed by atoms with Crippen LogP contribution < -0.4 is 10.6 Å². The highest BCUT2D eigenvalue weighted by atomic mass is 79.9. The van der Waals surface area contributed by atoms with Crippen molar-refractivity contribution in [2.75, 3.05) is 18.4 Å². The van der Waals surface area contributed by atoms with Gasteiger partial charge in [-0.2, -0.15) is 0 Å². The number of nitrogens with one attached hydrogen (secondary N) is 2. The average Bonchev–Trinajstić information content (AvgIpc) is 2.57. The van der Waals surface area contributed by atoms with Crippen molar-refractivity contribution in [2.45, 2.75) is 12.5 Å². The Bertz CT molecular complexity index is 289. The highest BCUT2D eigenvalue weighted by Gasteiger charge is 2.13. The Labute approximate surface area is 98.2 Å². The first-order chi connectivity index (χ1) is 6.34. The smallest absolute Gasteiger partial charge is 0.127 e. The number of rotatable bonds is 2. The van der Waals surface area contributed by atoms with Crippen LogP contribution in [0.2, 0.25) is 0 Å². The number of pyridine rings is 1. The minimum atomic E-state index is 0. The highest BCUT2D eigenvalue weighted by Crippen LogP contribution is 2.12. The summed E-state index contributed by atoms with van der Waals surface area (Å²) in [4.78, 5) is 4.31. The van der Waals surface area contributed by atoms with E-state index in [9.17, 15) is 0 Å². The van der Waals surface area contributed by atoms with Crippen LogP contribution in [0.5, 0.6) is 0 Å². The topological polar surface area (TPSA) is 37.0 Å². The van der Waals surface area contributed by atoms with E-state index in [1.807, 2.05) is 18.2 Å². The van der Waals surface area contributed by atoms with Gasteiger partial charge in [-0.05, 0) is 41.0 Å². The summed E-state index contributed by atoms with van der Waals surface area (Å²) in [6.07, 6.45) is 1.17. The molecule has 2 rings (SSSR count). The Kier molecular flexibility index (Phi) is 4.65. The summed E-state index contributed by atoms with van der Waals surface area (Å²) < 4.78 is 0.878. The van der Waals surface area contributed by atoms with E-state index in [0.717, 1.165) is 23.5 Å². The second-order valence-corrected chi connectivity index (χ2v) is 3.99. The van der Waals surface area contributed by atoms with Gasteiger partial charge in [0.15, 0.2) is 0 Å². The van der Waals surface area contributed by atoms with E-state index in [0.29, 0.717) is 6.04 Å². The van der Waals surface area contributed by atoms with Crippen molar-refractivity contribution in [3.63, 3.8) is 0 Å². The molecule has 0 bridgehead atoms. The van der Waals surface area contributed by atoms with Gasteiger partial charge in [0.1, 0.15) is 10.4 Å². The lowest BCUT2D eigenvalue weighted by molar-refractivity contribution is 0.787. The maximum atomic E-state index is 4.31. The van der Waals surface area contributed by atoms with Crippen LogP contribution in [0.15, 0.2) is 22.8 Å². The number of halogens is 2. The lowest BCUT2D eigenvalue weighted by atomic mass is 10.2. The van der Waals surface area contributed by atoms with E-state index in [-0.39, 0.29) is 12.4 Å². The van der Waals surface area contributed by atoms with Crippen molar-refractivity contribution in [1.82, 2.24) is 10.3 Å². The van der Waals surface area contributed by atoms with Gasteiger partial charge in [0.05, 0.1) is 0 Å². The van der Waals surface area contributed by atoms with Gasteiger partial charge in [-0.15, -0.1) is 12.4 Å². The molecule has 1 aliphatic heterocycles. The fourth-order valence-corrected chi connectivity index (χ4v) is 1.82. The van der Waals surface area contributed by atoms with E-state index in [2.05, 4.69) is 31.5 Å². The summed E-state index contributed by atoms with van der Waals surface area (Å²) in [7, 11) is 0. The molecule has 0 amide bonds. The fourth-order valence-electron chi connectivity index (χ4n) is 1.48. The lowest BCUT2D eigenvalue weighted by Crippen LogP contribution is -2.22. The molecule has 0 radical (unpaired) electrons. The van der Waals surface area contributed by atoms with Gasteiger partial charge in [-0.25, -0.2) is 4.98 Å². The van der Waals surface area contributed by atoms with Crippen molar-refractivity contribution in [1.29, 1.82) is 0 Å². The molecular weight excluding hydrogens is 265 g/mol. The summed E-state index contributed by atoms with van der Waals surface area (Å²) >= 11 is 3.34. The molecule has 1 aromatic rings. The SMILES string of the molecule is Brc1cccc(NC2CCNC2)n1.Cl. The first-order valence-corrected chi connectivity index (χ1v) is 5.24. The predicted octanol–water partition coefficient (Wildman–Crippen LogP) is 2.04. The fraction of sp³-hybridized carbons (Fsp3) is 0.444. The maximum absolute atomic E-state index is 4.31. The molecule has 0 saturated carbocycles. The normalized spacial score (nSPS) is 20.2. The van der Waals surface area contributed by atoms with Crippen LogP contribution in [-0.2, 0) is 0 Å². The van der Waals surface area contributed by atoms with E-state index in [1.54, 1.807) is 0 Å². The van der Waals surface area contributed by atoms with E-state index in [1.165, 1.54) is 6.42 Å². The number of hydrogen-bond acceptors (Lipinski definition) is 3. The number of nitrogens with zero attached hydrogens (tertiary/aromatic N) is 1. The van der Waals surface area contributed by atoms with Crippen molar-refractivity contribution in [2.24, 2.45) is 0 Å². The molecule has 0 spiro atoms. The van der Waals surface area contributed by atoms with Gasteiger partial charge in [-0.3, -0.25) is 0 Å². The Hall–Kier alpha value is -0.320. The molecule has 1 aliphatic rings. The highest BCUT2D eigenvalue weighted by molar-refractivity contribution is 9.10. The van der Waals surface area contributed by atoms with E-state index < -0.39 is 0 Å². The zero-order valence-corrected chi connectivity index (χ0v) is 10.1. The van der Waals surface area contributed by atoms with Crippen LogP contribution in [0, 0.1) is 0 Å². The lowest BCUT2D eigenvalue weighted by Gasteiger charge is -2.11. The molecule has 0 aliphatic carbocycles. The van der Waals surface area contributed by atoms with Gasteiger partial charge in [-0.1, -0.05) is 6.07 Å². The number of hydrogen-bond donors (Lipinski definition) is 2. The summed E-state index contributed by atoms with van der Waals surface area (Å²) in [5, 5.41) is 6.68. The third-order valence-electron chi connectivity index (χ3n) is 2.13. The minimum Gasteiger partial charge on any atom is -0.366 e. The molecule has 5 heteroatoms. The van der Waals surface area contributed by atoms with Crippen molar-refractivity contribution < 1.29 is 0 Å². The Morgan fingerprint density at radius 1 is 1.50 bits per heavy atom. The second kappa shape index (κ2) is 5.53. The summed E-state index contributed by atoms with van der Waals surface area (Å²) in [6, 6.07) is 6.44. The molecule has 1 saturated heterocycles. The first-order valence-electron chi connectivity index (χ1n) is 4.44. The molecule has 1 unspecified atom stereocenters. The van der Waals surface area contributed by atoms with Gasteiger partial charge < -0.3 is 10.6 Å². The summed E-state index contributed by atoms with van der Waals surface area (Å²) in [5.41, 5.74) is 0. The maximum Gasteiger partial charge on any atom is 0.127 e. The quantitative estimate of drug-likeness (QED) is 0.813.